The maximum absolute atomic E-state index is 14.5. The third-order valence-corrected chi connectivity index (χ3v) is 11.9. The molecular weight excluding hydrogens is 724 g/mol. The number of carbonyl (C=O) groups excluding carboxylic acids is 5. The van der Waals surface area contributed by atoms with Crippen LogP contribution in [0.5, 0.6) is 0 Å². The van der Waals surface area contributed by atoms with Gasteiger partial charge in [-0.25, -0.2) is 22.4 Å². The summed E-state index contributed by atoms with van der Waals surface area (Å²) in [7, 11) is -3.92. The van der Waals surface area contributed by atoms with Crippen molar-refractivity contribution in [2.75, 3.05) is 26.2 Å². The predicted molar refractivity (Wildman–Crippen MR) is 195 cm³/mol. The zero-order valence-corrected chi connectivity index (χ0v) is 32.1. The van der Waals surface area contributed by atoms with Crippen LogP contribution in [0.3, 0.4) is 0 Å². The van der Waals surface area contributed by atoms with Crippen molar-refractivity contribution in [1.82, 2.24) is 30.1 Å². The van der Waals surface area contributed by atoms with E-state index in [9.17, 15) is 36.8 Å². The summed E-state index contributed by atoms with van der Waals surface area (Å²) in [5.41, 5.74) is -1.41. The lowest BCUT2D eigenvalue weighted by molar-refractivity contribution is -0.141. The van der Waals surface area contributed by atoms with Crippen LogP contribution in [0.4, 0.5) is 14.0 Å². The Labute approximate surface area is 315 Å². The van der Waals surface area contributed by atoms with Gasteiger partial charge >= 0.3 is 12.2 Å². The number of ether oxygens (including phenoxy) is 2. The summed E-state index contributed by atoms with van der Waals surface area (Å²) < 4.78 is 53.3. The van der Waals surface area contributed by atoms with Crippen molar-refractivity contribution in [2.45, 2.75) is 107 Å². The van der Waals surface area contributed by atoms with Gasteiger partial charge in [0.2, 0.25) is 21.8 Å². The largest absolute Gasteiger partial charge is 0.444 e. The molecule has 4 aliphatic rings. The van der Waals surface area contributed by atoms with Crippen molar-refractivity contribution >= 4 is 39.9 Å². The molecule has 0 spiro atoms. The number of fused-ring (bicyclic) bond motifs is 1. The molecule has 17 heteroatoms. The van der Waals surface area contributed by atoms with Crippen molar-refractivity contribution in [2.24, 2.45) is 5.92 Å². The van der Waals surface area contributed by atoms with E-state index in [0.29, 0.717) is 43.5 Å². The molecule has 1 saturated heterocycles. The fourth-order valence-electron chi connectivity index (χ4n) is 7.08. The van der Waals surface area contributed by atoms with E-state index in [1.165, 1.54) is 15.9 Å². The number of sulfonamides is 1. The highest BCUT2D eigenvalue weighted by molar-refractivity contribution is 7.91. The summed E-state index contributed by atoms with van der Waals surface area (Å²) in [5.74, 6) is -3.09. The van der Waals surface area contributed by atoms with Gasteiger partial charge in [-0.15, -0.1) is 13.2 Å². The second-order valence-electron chi connectivity index (χ2n) is 15.4. The lowest BCUT2D eigenvalue weighted by Crippen LogP contribution is -2.60. The van der Waals surface area contributed by atoms with Gasteiger partial charge < -0.3 is 25.0 Å². The zero-order chi connectivity index (χ0) is 39.6. The van der Waals surface area contributed by atoms with Gasteiger partial charge in [-0.3, -0.25) is 28.9 Å². The van der Waals surface area contributed by atoms with Gasteiger partial charge in [-0.1, -0.05) is 37.6 Å². The molecule has 2 aliphatic heterocycles. The minimum atomic E-state index is -3.92. The van der Waals surface area contributed by atoms with Gasteiger partial charge in [-0.2, -0.15) is 0 Å². The van der Waals surface area contributed by atoms with Crippen LogP contribution < -0.4 is 15.4 Å². The summed E-state index contributed by atoms with van der Waals surface area (Å²) in [5, 5.41) is 4.73. The van der Waals surface area contributed by atoms with Crippen LogP contribution >= 0.6 is 0 Å². The Hall–Kier alpha value is -4.51. The van der Waals surface area contributed by atoms with Crippen LogP contribution in [-0.2, 0) is 47.0 Å². The Kier molecular flexibility index (Phi) is 12.1. The summed E-state index contributed by atoms with van der Waals surface area (Å²) in [6.45, 7) is 14.8. The molecule has 1 aromatic rings. The first-order valence-electron chi connectivity index (χ1n) is 18.2. The Morgan fingerprint density at radius 2 is 1.80 bits per heavy atom. The minimum absolute atomic E-state index is 0.0236. The lowest BCUT2D eigenvalue weighted by Gasteiger charge is -2.32. The first-order valence-corrected chi connectivity index (χ1v) is 19.8. The van der Waals surface area contributed by atoms with Gasteiger partial charge in [0.05, 0.1) is 18.3 Å². The molecule has 0 bridgehead atoms. The Bertz CT molecular complexity index is 1770. The fourth-order valence-corrected chi connectivity index (χ4v) is 8.44. The van der Waals surface area contributed by atoms with Crippen molar-refractivity contribution in [3.8, 4) is 0 Å². The number of benzene rings is 1. The molecule has 5 atom stereocenters. The number of amides is 5. The molecule has 3 fully saturated rings. The van der Waals surface area contributed by atoms with Crippen LogP contribution in [0.25, 0.3) is 0 Å². The summed E-state index contributed by atoms with van der Waals surface area (Å²) in [6, 6.07) is 2.02. The van der Waals surface area contributed by atoms with Crippen LogP contribution in [0, 0.1) is 11.7 Å². The molecule has 1 aromatic carbocycles. The average molecular weight is 775 g/mol. The molecule has 0 radical (unpaired) electrons. The van der Waals surface area contributed by atoms with Gasteiger partial charge in [0.15, 0.2) is 0 Å². The van der Waals surface area contributed by atoms with Crippen LogP contribution in [0.1, 0.15) is 70.9 Å². The summed E-state index contributed by atoms with van der Waals surface area (Å²) in [4.78, 5) is 73.0. The quantitative estimate of drug-likeness (QED) is 0.224. The standard InChI is InChI=1S/C37H51FN6O9S/c1-7-15-42(16-8-2)22-29(39-34(48)53-36(4,5)6)32(46)44-20-25(52-35(49)43-19-23-11-10-12-28(38)27(23)21-43)17-30(44)31(45)40-37(18-24(37)9-3)33(47)41-54(50,51)26-13-14-26/h7-8,10-12,24-26,29-30H,1-2,9,13-22H2,3-6H3,(H,39,48)(H,40,45)(H,41,47)/t24-,25-,29+,30?,37-/m1/s1. The Balaban J connectivity index is 1.41. The van der Waals surface area contributed by atoms with Gasteiger partial charge in [-0.05, 0) is 57.6 Å². The van der Waals surface area contributed by atoms with E-state index in [0.717, 1.165) is 0 Å². The predicted octanol–water partition coefficient (Wildman–Crippen LogP) is 2.71. The van der Waals surface area contributed by atoms with E-state index >= 15 is 0 Å². The number of rotatable bonds is 15. The molecule has 5 amide bonds. The number of hydrogen-bond acceptors (Lipinski definition) is 10. The van der Waals surface area contributed by atoms with Crippen molar-refractivity contribution < 1.29 is 46.3 Å². The smallest absolute Gasteiger partial charge is 0.410 e. The molecule has 2 saturated carbocycles. The molecule has 0 aromatic heterocycles. The second-order valence-corrected chi connectivity index (χ2v) is 17.4. The van der Waals surface area contributed by atoms with E-state index in [-0.39, 0.29) is 44.9 Å². The Morgan fingerprint density at radius 1 is 1.11 bits per heavy atom. The van der Waals surface area contributed by atoms with E-state index in [2.05, 4.69) is 28.5 Å². The third-order valence-electron chi connectivity index (χ3n) is 10.1. The van der Waals surface area contributed by atoms with E-state index in [1.54, 1.807) is 50.0 Å². The van der Waals surface area contributed by atoms with Gasteiger partial charge in [0.1, 0.15) is 35.1 Å². The molecular formula is C37H51FN6O9S. The van der Waals surface area contributed by atoms with Crippen LogP contribution in [0.15, 0.2) is 43.5 Å². The number of carbonyl (C=O) groups is 5. The van der Waals surface area contributed by atoms with Crippen LogP contribution in [0.2, 0.25) is 0 Å². The summed E-state index contributed by atoms with van der Waals surface area (Å²) in [6.07, 6.45) is 1.94. The number of nitrogens with zero attached hydrogens (tertiary/aromatic N) is 3. The van der Waals surface area contributed by atoms with Crippen molar-refractivity contribution in [3.63, 3.8) is 0 Å². The number of nitrogens with one attached hydrogen (secondary N) is 3. The van der Waals surface area contributed by atoms with E-state index < -0.39 is 80.3 Å². The molecule has 296 valence electrons. The topological polar surface area (TPSA) is 184 Å². The molecule has 5 rings (SSSR count). The maximum atomic E-state index is 14.5. The highest BCUT2D eigenvalue weighted by atomic mass is 32.2. The number of halogens is 1. The number of alkyl carbamates (subject to hydrolysis) is 1. The second kappa shape index (κ2) is 16.1. The third kappa shape index (κ3) is 9.40. The minimum Gasteiger partial charge on any atom is -0.444 e. The molecule has 3 N–H and O–H groups in total. The highest BCUT2D eigenvalue weighted by Gasteiger charge is 2.62. The van der Waals surface area contributed by atoms with Crippen LogP contribution in [-0.4, -0.2) is 114 Å². The SMILES string of the molecule is C=CCN(CC=C)C[C@H](NC(=O)OC(C)(C)C)C(=O)N1C[C@H](OC(=O)N2Cc3cccc(F)c3C2)CC1C(=O)N[C@]1(C(=O)NS(=O)(=O)C2CC2)C[C@H]1CC. The summed E-state index contributed by atoms with van der Waals surface area (Å²) >= 11 is 0. The first-order chi connectivity index (χ1) is 25.4. The van der Waals surface area contributed by atoms with Gasteiger partial charge in [0.25, 0.3) is 5.91 Å². The molecule has 15 nitrogen and oxygen atoms in total. The molecule has 1 unspecified atom stereocenters. The molecule has 2 heterocycles. The number of hydrogen-bond donors (Lipinski definition) is 3. The Morgan fingerprint density at radius 3 is 2.37 bits per heavy atom. The monoisotopic (exact) mass is 774 g/mol. The fraction of sp³-hybridized carbons (Fsp3) is 0.595. The van der Waals surface area contributed by atoms with Gasteiger partial charge in [0, 0.05) is 38.2 Å². The van der Waals surface area contributed by atoms with Crippen molar-refractivity contribution in [1.29, 1.82) is 0 Å². The molecule has 2 aliphatic carbocycles. The number of likely N-dealkylation sites (tertiary alicyclic amines) is 1. The average Bonchev–Trinajstić information content (AvgIpc) is 3.98. The highest BCUT2D eigenvalue weighted by Crippen LogP contribution is 2.47. The van der Waals surface area contributed by atoms with E-state index in [4.69, 9.17) is 9.47 Å². The first kappa shape index (κ1) is 40.7. The lowest BCUT2D eigenvalue weighted by atomic mass is 10.1. The maximum Gasteiger partial charge on any atom is 0.410 e. The van der Waals surface area contributed by atoms with Crippen molar-refractivity contribution in [3.05, 3.63) is 60.5 Å². The zero-order valence-electron chi connectivity index (χ0n) is 31.3. The van der Waals surface area contributed by atoms with E-state index in [1.807, 2.05) is 6.92 Å². The normalized spacial score (nSPS) is 23.9. The molecule has 54 heavy (non-hydrogen) atoms.